The monoisotopic (exact) mass is 417 g/mol. The molecule has 1 saturated carbocycles. The fourth-order valence-electron chi connectivity index (χ4n) is 5.13. The maximum absolute atomic E-state index is 12.6. The van der Waals surface area contributed by atoms with Crippen LogP contribution in [-0.2, 0) is 6.54 Å². The number of fused-ring (bicyclic) bond motifs is 1. The molecule has 2 aromatic carbocycles. The molecule has 5 heteroatoms. The largest absolute Gasteiger partial charge is 0.351 e. The van der Waals surface area contributed by atoms with Crippen molar-refractivity contribution in [1.29, 1.82) is 0 Å². The molecule has 0 bridgehead atoms. The van der Waals surface area contributed by atoms with E-state index in [0.29, 0.717) is 11.7 Å². The number of hydrogen-bond acceptors (Lipinski definition) is 4. The highest BCUT2D eigenvalue weighted by molar-refractivity contribution is 5.91. The van der Waals surface area contributed by atoms with E-state index < -0.39 is 0 Å². The minimum absolute atomic E-state index is 0.116. The summed E-state index contributed by atoms with van der Waals surface area (Å²) in [7, 11) is 0. The van der Waals surface area contributed by atoms with Gasteiger partial charge in [0.25, 0.3) is 5.91 Å². The van der Waals surface area contributed by atoms with Gasteiger partial charge in [-0.2, -0.15) is 0 Å². The van der Waals surface area contributed by atoms with Gasteiger partial charge in [0.15, 0.2) is 0 Å². The molecule has 1 aromatic heterocycles. The average molecular weight is 418 g/mol. The Morgan fingerprint density at radius 1 is 1.00 bits per heavy atom. The van der Waals surface area contributed by atoms with E-state index in [1.54, 1.807) is 0 Å². The van der Waals surface area contributed by atoms with Crippen LogP contribution in [-0.4, -0.2) is 35.1 Å². The van der Waals surface area contributed by atoms with Gasteiger partial charge in [-0.3, -0.25) is 9.69 Å². The average Bonchev–Trinajstić information content (AvgIpc) is 3.31. The van der Waals surface area contributed by atoms with Crippen LogP contribution in [0.25, 0.3) is 10.8 Å². The van der Waals surface area contributed by atoms with Crippen molar-refractivity contribution in [1.82, 2.24) is 15.4 Å². The number of hydrogen-bond donors (Lipinski definition) is 1. The topological polar surface area (TPSA) is 58.4 Å². The predicted octanol–water partition coefficient (Wildman–Crippen LogP) is 5.27. The van der Waals surface area contributed by atoms with Crippen molar-refractivity contribution in [2.75, 3.05) is 13.1 Å². The van der Waals surface area contributed by atoms with Crippen LogP contribution in [0.5, 0.6) is 0 Å². The molecule has 1 atom stereocenters. The van der Waals surface area contributed by atoms with Crippen LogP contribution in [0.4, 0.5) is 0 Å². The zero-order valence-electron chi connectivity index (χ0n) is 18.1. The van der Waals surface area contributed by atoms with E-state index in [4.69, 9.17) is 4.52 Å². The third-order valence-corrected chi connectivity index (χ3v) is 6.84. The lowest BCUT2D eigenvalue weighted by atomic mass is 9.94. The summed E-state index contributed by atoms with van der Waals surface area (Å²) >= 11 is 0. The van der Waals surface area contributed by atoms with Gasteiger partial charge in [0.05, 0.1) is 5.69 Å². The smallest absolute Gasteiger partial charge is 0.290 e. The lowest BCUT2D eigenvalue weighted by molar-refractivity contribution is 0.0890. The SMILES string of the molecule is O=C(NC1CCCCC1)c1cc(C2CCCN(Cc3ccc4ccccc4c3)C2)no1. The summed E-state index contributed by atoms with van der Waals surface area (Å²) < 4.78 is 5.44. The van der Waals surface area contributed by atoms with Crippen molar-refractivity contribution in [3.8, 4) is 0 Å². The number of benzene rings is 2. The zero-order valence-corrected chi connectivity index (χ0v) is 18.1. The highest BCUT2D eigenvalue weighted by atomic mass is 16.5. The van der Waals surface area contributed by atoms with Gasteiger partial charge in [0, 0.05) is 31.1 Å². The summed E-state index contributed by atoms with van der Waals surface area (Å²) in [6.07, 6.45) is 8.02. The molecule has 0 radical (unpaired) electrons. The van der Waals surface area contributed by atoms with Crippen LogP contribution >= 0.6 is 0 Å². The molecule has 5 nitrogen and oxygen atoms in total. The normalized spacial score (nSPS) is 20.7. The van der Waals surface area contributed by atoms with Gasteiger partial charge in [-0.1, -0.05) is 60.8 Å². The molecule has 1 aliphatic carbocycles. The summed E-state index contributed by atoms with van der Waals surface area (Å²) in [5, 5.41) is 9.97. The summed E-state index contributed by atoms with van der Waals surface area (Å²) in [6, 6.07) is 17.4. The van der Waals surface area contributed by atoms with Gasteiger partial charge < -0.3 is 9.84 Å². The van der Waals surface area contributed by atoms with Gasteiger partial charge in [-0.05, 0) is 54.6 Å². The number of carbonyl (C=O) groups excluding carboxylic acids is 1. The molecule has 1 amide bonds. The molecule has 2 heterocycles. The molecular formula is C26H31N3O2. The van der Waals surface area contributed by atoms with Crippen LogP contribution in [0.3, 0.4) is 0 Å². The number of nitrogens with one attached hydrogen (secondary N) is 1. The van der Waals surface area contributed by atoms with Crippen molar-refractivity contribution < 1.29 is 9.32 Å². The van der Waals surface area contributed by atoms with Crippen molar-refractivity contribution in [2.45, 2.75) is 63.5 Å². The molecule has 162 valence electrons. The van der Waals surface area contributed by atoms with Crippen molar-refractivity contribution in [3.63, 3.8) is 0 Å². The highest BCUT2D eigenvalue weighted by Crippen LogP contribution is 2.28. The molecule has 31 heavy (non-hydrogen) atoms. The standard InChI is InChI=1S/C26H31N3O2/c30-26(27-23-10-2-1-3-11-23)25-16-24(28-31-25)22-9-6-14-29(18-22)17-19-12-13-20-7-4-5-8-21(20)15-19/h4-5,7-8,12-13,15-16,22-23H,1-3,6,9-11,14,17-18H2,(H,27,30). The third kappa shape index (κ3) is 4.82. The Morgan fingerprint density at radius 3 is 2.71 bits per heavy atom. The first kappa shape index (κ1) is 20.3. The Balaban J connectivity index is 1.21. The lowest BCUT2D eigenvalue weighted by Gasteiger charge is -2.31. The second kappa shape index (κ2) is 9.23. The van der Waals surface area contributed by atoms with Gasteiger partial charge >= 0.3 is 0 Å². The summed E-state index contributed by atoms with van der Waals surface area (Å²) in [4.78, 5) is 15.1. The highest BCUT2D eigenvalue weighted by Gasteiger charge is 2.26. The van der Waals surface area contributed by atoms with Crippen LogP contribution < -0.4 is 5.32 Å². The molecule has 2 fully saturated rings. The predicted molar refractivity (Wildman–Crippen MR) is 122 cm³/mol. The van der Waals surface area contributed by atoms with Crippen molar-refractivity contribution >= 4 is 16.7 Å². The maximum atomic E-state index is 12.6. The lowest BCUT2D eigenvalue weighted by Crippen LogP contribution is -2.36. The summed E-state index contributed by atoms with van der Waals surface area (Å²) in [5.41, 5.74) is 2.25. The van der Waals surface area contributed by atoms with Crippen molar-refractivity contribution in [2.24, 2.45) is 0 Å². The van der Waals surface area contributed by atoms with E-state index in [0.717, 1.165) is 51.0 Å². The Labute approximate surface area is 183 Å². The first-order valence-electron chi connectivity index (χ1n) is 11.7. The van der Waals surface area contributed by atoms with E-state index in [2.05, 4.69) is 57.8 Å². The molecule has 1 saturated heterocycles. The van der Waals surface area contributed by atoms with E-state index >= 15 is 0 Å². The first-order chi connectivity index (χ1) is 15.2. The second-order valence-electron chi connectivity index (χ2n) is 9.18. The van der Waals surface area contributed by atoms with Crippen LogP contribution in [0.2, 0.25) is 0 Å². The third-order valence-electron chi connectivity index (χ3n) is 6.84. The molecule has 5 rings (SSSR count). The number of rotatable bonds is 5. The molecule has 1 aliphatic heterocycles. The van der Waals surface area contributed by atoms with Gasteiger partial charge in [0.1, 0.15) is 0 Å². The van der Waals surface area contributed by atoms with Gasteiger partial charge in [0.2, 0.25) is 5.76 Å². The minimum atomic E-state index is -0.116. The van der Waals surface area contributed by atoms with E-state index in [1.807, 2.05) is 6.07 Å². The van der Waals surface area contributed by atoms with E-state index in [9.17, 15) is 4.79 Å². The summed E-state index contributed by atoms with van der Waals surface area (Å²) in [5.74, 6) is 0.552. The number of aromatic nitrogens is 1. The Hall–Kier alpha value is -2.66. The Morgan fingerprint density at radius 2 is 1.84 bits per heavy atom. The fourth-order valence-corrected chi connectivity index (χ4v) is 5.13. The second-order valence-corrected chi connectivity index (χ2v) is 9.18. The molecule has 1 unspecified atom stereocenters. The van der Waals surface area contributed by atoms with Gasteiger partial charge in [-0.15, -0.1) is 0 Å². The summed E-state index contributed by atoms with van der Waals surface area (Å²) in [6.45, 7) is 2.98. The molecule has 2 aliphatic rings. The van der Waals surface area contributed by atoms with Gasteiger partial charge in [-0.25, -0.2) is 0 Å². The number of likely N-dealkylation sites (tertiary alicyclic amines) is 1. The zero-order chi connectivity index (χ0) is 21.0. The Bertz CT molecular complexity index is 1040. The minimum Gasteiger partial charge on any atom is -0.351 e. The first-order valence-corrected chi connectivity index (χ1v) is 11.7. The van der Waals surface area contributed by atoms with Crippen LogP contribution in [0, 0.1) is 0 Å². The maximum Gasteiger partial charge on any atom is 0.290 e. The van der Waals surface area contributed by atoms with E-state index in [1.165, 1.54) is 35.6 Å². The Kier molecular flexibility index (Phi) is 6.03. The molecular weight excluding hydrogens is 386 g/mol. The number of nitrogens with zero attached hydrogens (tertiary/aromatic N) is 2. The van der Waals surface area contributed by atoms with Crippen LogP contribution in [0.15, 0.2) is 53.1 Å². The molecule has 3 aromatic rings. The number of carbonyl (C=O) groups is 1. The van der Waals surface area contributed by atoms with E-state index in [-0.39, 0.29) is 11.9 Å². The van der Waals surface area contributed by atoms with Crippen LogP contribution in [0.1, 0.15) is 72.7 Å². The number of amides is 1. The number of piperidine rings is 1. The molecule has 1 N–H and O–H groups in total. The quantitative estimate of drug-likeness (QED) is 0.614. The fraction of sp³-hybridized carbons (Fsp3) is 0.462. The molecule has 0 spiro atoms. The van der Waals surface area contributed by atoms with Crippen molar-refractivity contribution in [3.05, 3.63) is 65.5 Å².